The number of hydrogen-bond acceptors (Lipinski definition) is 3. The van der Waals surface area contributed by atoms with E-state index < -0.39 is 6.10 Å². The van der Waals surface area contributed by atoms with Gasteiger partial charge < -0.3 is 14.9 Å². The number of aliphatic hydroxyl groups excluding tert-OH is 1. The molecule has 4 heteroatoms. The molecule has 108 valence electrons. The van der Waals surface area contributed by atoms with Gasteiger partial charge in [0.25, 0.3) is 0 Å². The highest BCUT2D eigenvalue weighted by Crippen LogP contribution is 2.29. The highest BCUT2D eigenvalue weighted by molar-refractivity contribution is 5.55. The van der Waals surface area contributed by atoms with Crippen molar-refractivity contribution in [1.82, 2.24) is 4.90 Å². The predicted molar refractivity (Wildman–Crippen MR) is 78.1 cm³/mol. The van der Waals surface area contributed by atoms with Crippen LogP contribution in [-0.2, 0) is 0 Å². The van der Waals surface area contributed by atoms with Crippen molar-refractivity contribution in [2.45, 2.75) is 26.4 Å². The summed E-state index contributed by atoms with van der Waals surface area (Å²) in [6.07, 6.45) is 0.308. The molecule has 1 N–H and O–H groups in total. The Labute approximate surface area is 115 Å². The lowest BCUT2D eigenvalue weighted by Crippen LogP contribution is -2.29. The molecule has 19 heavy (non-hydrogen) atoms. The first-order valence-corrected chi connectivity index (χ1v) is 6.83. The van der Waals surface area contributed by atoms with E-state index in [2.05, 4.69) is 4.90 Å². The topological polar surface area (TPSA) is 26.7 Å². The monoisotopic (exact) mass is 268 g/mol. The summed E-state index contributed by atoms with van der Waals surface area (Å²) in [6.45, 7) is 6.16. The zero-order valence-electron chi connectivity index (χ0n) is 12.4. The first kappa shape index (κ1) is 15.9. The minimum atomic E-state index is -0.659. The van der Waals surface area contributed by atoms with Crippen molar-refractivity contribution in [3.63, 3.8) is 0 Å². The van der Waals surface area contributed by atoms with E-state index in [1.54, 1.807) is 19.1 Å². The van der Waals surface area contributed by atoms with Crippen LogP contribution >= 0.6 is 0 Å². The van der Waals surface area contributed by atoms with Crippen LogP contribution in [0.5, 0.6) is 0 Å². The van der Waals surface area contributed by atoms with Crippen LogP contribution in [0.1, 0.15) is 31.9 Å². The maximum atomic E-state index is 14.1. The quantitative estimate of drug-likeness (QED) is 0.823. The van der Waals surface area contributed by atoms with Crippen LogP contribution in [-0.4, -0.2) is 43.7 Å². The molecule has 0 unspecified atom stereocenters. The Bertz CT molecular complexity index is 394. The maximum absolute atomic E-state index is 14.1. The lowest BCUT2D eigenvalue weighted by molar-refractivity contribution is 0.199. The Balaban J connectivity index is 2.91. The second-order valence-electron chi connectivity index (χ2n) is 5.09. The summed E-state index contributed by atoms with van der Waals surface area (Å²) >= 11 is 0. The van der Waals surface area contributed by atoms with Crippen LogP contribution in [0, 0.1) is 5.82 Å². The molecule has 0 saturated carbocycles. The maximum Gasteiger partial charge on any atom is 0.146 e. The third-order valence-corrected chi connectivity index (χ3v) is 3.20. The molecular weight excluding hydrogens is 243 g/mol. The fraction of sp³-hybridized carbons (Fsp3) is 0.600. The van der Waals surface area contributed by atoms with Gasteiger partial charge in [0.15, 0.2) is 0 Å². The van der Waals surface area contributed by atoms with Gasteiger partial charge >= 0.3 is 0 Å². The number of halogens is 1. The van der Waals surface area contributed by atoms with Crippen molar-refractivity contribution in [2.24, 2.45) is 0 Å². The molecule has 0 bridgehead atoms. The molecular formula is C15H25FN2O. The van der Waals surface area contributed by atoms with E-state index in [9.17, 15) is 9.50 Å². The Morgan fingerprint density at radius 1 is 1.26 bits per heavy atom. The second-order valence-corrected chi connectivity index (χ2v) is 5.09. The lowest BCUT2D eigenvalue weighted by Gasteiger charge is -2.27. The number of rotatable bonds is 7. The smallest absolute Gasteiger partial charge is 0.146 e. The SMILES string of the molecule is CCN(CCCN(C)C)c1c(F)cccc1[C@H](C)O. The molecule has 0 radical (unpaired) electrons. The van der Waals surface area contributed by atoms with Crippen molar-refractivity contribution < 1.29 is 9.50 Å². The molecule has 3 nitrogen and oxygen atoms in total. The Kier molecular flexibility index (Phi) is 6.25. The van der Waals surface area contributed by atoms with Crippen molar-refractivity contribution in [3.8, 4) is 0 Å². The number of nitrogens with zero attached hydrogens (tertiary/aromatic N) is 2. The molecule has 0 heterocycles. The van der Waals surface area contributed by atoms with Crippen molar-refractivity contribution in [2.75, 3.05) is 38.6 Å². The summed E-state index contributed by atoms with van der Waals surface area (Å²) in [6, 6.07) is 4.89. The summed E-state index contributed by atoms with van der Waals surface area (Å²) < 4.78 is 14.1. The highest BCUT2D eigenvalue weighted by atomic mass is 19.1. The highest BCUT2D eigenvalue weighted by Gasteiger charge is 2.17. The Morgan fingerprint density at radius 2 is 1.95 bits per heavy atom. The zero-order chi connectivity index (χ0) is 14.4. The van der Waals surface area contributed by atoms with Gasteiger partial charge in [-0.1, -0.05) is 12.1 Å². The molecule has 0 fully saturated rings. The molecule has 0 amide bonds. The number of hydrogen-bond donors (Lipinski definition) is 1. The lowest BCUT2D eigenvalue weighted by atomic mass is 10.1. The molecule has 1 rings (SSSR count). The summed E-state index contributed by atoms with van der Waals surface area (Å²) in [5.74, 6) is -0.259. The summed E-state index contributed by atoms with van der Waals surface area (Å²) in [4.78, 5) is 4.12. The van der Waals surface area contributed by atoms with Gasteiger partial charge in [-0.3, -0.25) is 0 Å². The minimum absolute atomic E-state index is 0.259. The molecule has 0 aliphatic carbocycles. The fourth-order valence-corrected chi connectivity index (χ4v) is 2.21. The number of para-hydroxylation sites is 1. The molecule has 1 atom stereocenters. The molecule has 0 aliphatic rings. The number of anilines is 1. The Morgan fingerprint density at radius 3 is 2.47 bits per heavy atom. The van der Waals surface area contributed by atoms with Crippen molar-refractivity contribution in [3.05, 3.63) is 29.6 Å². The van der Waals surface area contributed by atoms with E-state index in [1.165, 1.54) is 6.07 Å². The molecule has 0 aromatic heterocycles. The minimum Gasteiger partial charge on any atom is -0.389 e. The number of benzene rings is 1. The zero-order valence-corrected chi connectivity index (χ0v) is 12.4. The van der Waals surface area contributed by atoms with E-state index in [0.717, 1.165) is 26.1 Å². The first-order valence-electron chi connectivity index (χ1n) is 6.83. The third-order valence-electron chi connectivity index (χ3n) is 3.20. The Hall–Kier alpha value is -1.13. The van der Waals surface area contributed by atoms with Gasteiger partial charge in [0.2, 0.25) is 0 Å². The average molecular weight is 268 g/mol. The fourth-order valence-electron chi connectivity index (χ4n) is 2.21. The van der Waals surface area contributed by atoms with Crippen LogP contribution in [0.25, 0.3) is 0 Å². The molecule has 0 aliphatic heterocycles. The summed E-state index contributed by atoms with van der Waals surface area (Å²) in [5.41, 5.74) is 1.20. The van der Waals surface area contributed by atoms with E-state index in [-0.39, 0.29) is 5.82 Å². The van der Waals surface area contributed by atoms with Crippen LogP contribution in [0.3, 0.4) is 0 Å². The van der Waals surface area contributed by atoms with Gasteiger partial charge in [0.05, 0.1) is 11.8 Å². The first-order chi connectivity index (χ1) is 8.97. The van der Waals surface area contributed by atoms with Gasteiger partial charge in [-0.15, -0.1) is 0 Å². The molecule has 0 saturated heterocycles. The van der Waals surface area contributed by atoms with E-state index in [1.807, 2.05) is 25.9 Å². The molecule has 0 spiro atoms. The van der Waals surface area contributed by atoms with Gasteiger partial charge in [0, 0.05) is 18.7 Å². The van der Waals surface area contributed by atoms with Gasteiger partial charge in [0.1, 0.15) is 5.82 Å². The van der Waals surface area contributed by atoms with Crippen molar-refractivity contribution in [1.29, 1.82) is 0 Å². The van der Waals surface area contributed by atoms with E-state index >= 15 is 0 Å². The van der Waals surface area contributed by atoms with Gasteiger partial charge in [-0.2, -0.15) is 0 Å². The van der Waals surface area contributed by atoms with Gasteiger partial charge in [-0.25, -0.2) is 4.39 Å². The standard InChI is InChI=1S/C15H25FN2O/c1-5-18(11-7-10-17(3)4)15-13(12(2)19)8-6-9-14(15)16/h6,8-9,12,19H,5,7,10-11H2,1-4H3/t12-/m0/s1. The van der Waals surface area contributed by atoms with Crippen LogP contribution < -0.4 is 4.90 Å². The van der Waals surface area contributed by atoms with E-state index in [4.69, 9.17) is 0 Å². The molecule has 1 aromatic carbocycles. The summed E-state index contributed by atoms with van der Waals surface area (Å²) in [5, 5.41) is 9.79. The van der Waals surface area contributed by atoms with E-state index in [0.29, 0.717) is 11.3 Å². The third kappa shape index (κ3) is 4.48. The largest absolute Gasteiger partial charge is 0.389 e. The van der Waals surface area contributed by atoms with Crippen molar-refractivity contribution >= 4 is 5.69 Å². The second kappa shape index (κ2) is 7.46. The summed E-state index contributed by atoms with van der Waals surface area (Å²) in [7, 11) is 4.06. The predicted octanol–water partition coefficient (Wildman–Crippen LogP) is 2.66. The number of aliphatic hydroxyl groups is 1. The normalized spacial score (nSPS) is 12.8. The van der Waals surface area contributed by atoms with Crippen LogP contribution in [0.15, 0.2) is 18.2 Å². The van der Waals surface area contributed by atoms with Crippen LogP contribution in [0.2, 0.25) is 0 Å². The molecule has 1 aromatic rings. The van der Waals surface area contributed by atoms with Crippen LogP contribution in [0.4, 0.5) is 10.1 Å². The average Bonchev–Trinajstić information content (AvgIpc) is 2.34. The van der Waals surface area contributed by atoms with Gasteiger partial charge in [-0.05, 0) is 47.0 Å².